The first kappa shape index (κ1) is 19.6. The first-order valence-corrected chi connectivity index (χ1v) is 7.32. The fraction of sp³-hybridized carbons (Fsp3) is 0.667. The van der Waals surface area contributed by atoms with E-state index in [9.17, 15) is 0 Å². The van der Waals surface area contributed by atoms with Gasteiger partial charge < -0.3 is 0 Å². The largest absolute Gasteiger partial charge is 0.0683 e. The first-order chi connectivity index (χ1) is 8.21. The average molecular weight is 250 g/mol. The normalized spacial score (nSPS) is 10.8. The quantitative estimate of drug-likeness (QED) is 0.504. The van der Waals surface area contributed by atoms with Crippen LogP contribution in [0.1, 0.15) is 80.4 Å². The molecule has 0 bridgehead atoms. The van der Waals surface area contributed by atoms with Crippen LogP contribution < -0.4 is 0 Å². The highest BCUT2D eigenvalue weighted by Crippen LogP contribution is 2.26. The van der Waals surface area contributed by atoms with Gasteiger partial charge in [-0.05, 0) is 22.0 Å². The van der Waals surface area contributed by atoms with Gasteiger partial charge in [0.2, 0.25) is 0 Å². The maximum Gasteiger partial charge on any atom is -0.0132 e. The Balaban J connectivity index is 0. The molecule has 0 saturated heterocycles. The van der Waals surface area contributed by atoms with Gasteiger partial charge in [-0.2, -0.15) is 0 Å². The molecular weight excluding hydrogens is 216 g/mol. The molecule has 0 fully saturated rings. The molecule has 0 N–H and O–H groups in total. The van der Waals surface area contributed by atoms with Crippen molar-refractivity contribution in [3.63, 3.8) is 0 Å². The van der Waals surface area contributed by atoms with Crippen LogP contribution in [0.25, 0.3) is 0 Å². The molecule has 0 aliphatic rings. The lowest BCUT2D eigenvalue weighted by Gasteiger charge is -2.23. The number of benzene rings is 1. The second kappa shape index (κ2) is 8.34. The van der Waals surface area contributed by atoms with Crippen LogP contribution in [-0.4, -0.2) is 0 Å². The van der Waals surface area contributed by atoms with E-state index in [1.807, 2.05) is 27.7 Å². The molecule has 0 heterocycles. The van der Waals surface area contributed by atoms with Crippen LogP contribution in [0.5, 0.6) is 0 Å². The van der Waals surface area contributed by atoms with Crippen molar-refractivity contribution in [2.24, 2.45) is 0 Å². The number of hydrogen-bond acceptors (Lipinski definition) is 0. The Morgan fingerprint density at radius 1 is 0.500 bits per heavy atom. The van der Waals surface area contributed by atoms with E-state index in [4.69, 9.17) is 0 Å². The molecule has 0 unspecified atom stereocenters. The van der Waals surface area contributed by atoms with Crippen molar-refractivity contribution in [3.8, 4) is 0 Å². The second-order valence-electron chi connectivity index (χ2n) is 6.08. The Hall–Kier alpha value is -0.780. The summed E-state index contributed by atoms with van der Waals surface area (Å²) in [5.74, 6) is 0. The van der Waals surface area contributed by atoms with Gasteiger partial charge in [-0.3, -0.25) is 0 Å². The highest BCUT2D eigenvalue weighted by molar-refractivity contribution is 5.30. The summed E-state index contributed by atoms with van der Waals surface area (Å²) in [4.78, 5) is 0. The zero-order valence-electron chi connectivity index (χ0n) is 14.3. The Morgan fingerprint density at radius 3 is 0.778 bits per heavy atom. The van der Waals surface area contributed by atoms with Crippen molar-refractivity contribution in [2.75, 3.05) is 0 Å². The van der Waals surface area contributed by atoms with Gasteiger partial charge in [-0.15, -0.1) is 0 Å². The number of rotatable bonds is 0. The van der Waals surface area contributed by atoms with Crippen molar-refractivity contribution in [2.45, 2.75) is 80.1 Å². The van der Waals surface area contributed by atoms with Crippen molar-refractivity contribution >= 4 is 0 Å². The summed E-state index contributed by atoms with van der Waals surface area (Å²) in [6, 6.07) is 9.00. The van der Waals surface area contributed by atoms with Gasteiger partial charge in [0.15, 0.2) is 0 Å². The zero-order chi connectivity index (χ0) is 15.0. The van der Waals surface area contributed by atoms with E-state index in [-0.39, 0.29) is 10.8 Å². The molecule has 0 aliphatic heterocycles. The van der Waals surface area contributed by atoms with Crippen LogP contribution in [-0.2, 0) is 10.8 Å². The van der Waals surface area contributed by atoms with Gasteiger partial charge >= 0.3 is 0 Å². The third-order valence-electron chi connectivity index (χ3n) is 2.62. The summed E-state index contributed by atoms with van der Waals surface area (Å²) < 4.78 is 0. The Morgan fingerprint density at radius 2 is 0.667 bits per heavy atom. The standard InChI is InChI=1S/C14H22.2C2H6/c1-13(2,3)11-7-9-12(10-8-11)14(4,5)6;2*1-2/h7-10H,1-6H3;2*1-2H3. The van der Waals surface area contributed by atoms with E-state index < -0.39 is 0 Å². The summed E-state index contributed by atoms with van der Waals surface area (Å²) >= 11 is 0. The van der Waals surface area contributed by atoms with Crippen LogP contribution in [0.2, 0.25) is 0 Å². The summed E-state index contributed by atoms with van der Waals surface area (Å²) in [6.07, 6.45) is 0. The fourth-order valence-corrected chi connectivity index (χ4v) is 1.47. The van der Waals surface area contributed by atoms with Crippen LogP contribution in [0.4, 0.5) is 0 Å². The lowest BCUT2D eigenvalue weighted by Crippen LogP contribution is -2.14. The first-order valence-electron chi connectivity index (χ1n) is 7.32. The van der Waals surface area contributed by atoms with Crippen LogP contribution in [0.15, 0.2) is 24.3 Å². The maximum absolute atomic E-state index is 2.25. The molecular formula is C18H34. The van der Waals surface area contributed by atoms with Gasteiger partial charge in [0, 0.05) is 0 Å². The molecule has 1 aromatic carbocycles. The van der Waals surface area contributed by atoms with Gasteiger partial charge in [-0.25, -0.2) is 0 Å². The predicted molar refractivity (Wildman–Crippen MR) is 86.5 cm³/mol. The smallest absolute Gasteiger partial charge is 0.0132 e. The molecule has 18 heavy (non-hydrogen) atoms. The lowest BCUT2D eigenvalue weighted by molar-refractivity contribution is 0.577. The molecule has 0 aliphatic carbocycles. The third kappa shape index (κ3) is 6.83. The molecule has 0 aromatic heterocycles. The van der Waals surface area contributed by atoms with Crippen molar-refractivity contribution in [1.29, 1.82) is 0 Å². The highest BCUT2D eigenvalue weighted by Gasteiger charge is 2.16. The van der Waals surface area contributed by atoms with E-state index in [0.717, 1.165) is 0 Å². The predicted octanol–water partition coefficient (Wildman–Crippen LogP) is 6.33. The molecule has 0 atom stereocenters. The third-order valence-corrected chi connectivity index (χ3v) is 2.62. The monoisotopic (exact) mass is 250 g/mol. The van der Waals surface area contributed by atoms with E-state index in [0.29, 0.717) is 0 Å². The topological polar surface area (TPSA) is 0 Å². The van der Waals surface area contributed by atoms with E-state index in [1.54, 1.807) is 0 Å². The van der Waals surface area contributed by atoms with E-state index in [1.165, 1.54) is 11.1 Å². The van der Waals surface area contributed by atoms with Gasteiger partial charge in [0.05, 0.1) is 0 Å². The van der Waals surface area contributed by atoms with Crippen LogP contribution in [0.3, 0.4) is 0 Å². The molecule has 106 valence electrons. The maximum atomic E-state index is 2.25. The summed E-state index contributed by atoms with van der Waals surface area (Å²) in [7, 11) is 0. The zero-order valence-corrected chi connectivity index (χ0v) is 14.3. The summed E-state index contributed by atoms with van der Waals surface area (Å²) in [6.45, 7) is 21.5. The van der Waals surface area contributed by atoms with Gasteiger partial charge in [0.1, 0.15) is 0 Å². The molecule has 0 amide bonds. The SMILES string of the molecule is CC.CC.CC(C)(C)c1ccc(C(C)(C)C)cc1. The molecule has 0 spiro atoms. The molecule has 1 aromatic rings. The molecule has 0 nitrogen and oxygen atoms in total. The van der Waals surface area contributed by atoms with E-state index >= 15 is 0 Å². The molecule has 1 rings (SSSR count). The van der Waals surface area contributed by atoms with Gasteiger partial charge in [-0.1, -0.05) is 93.5 Å². The highest BCUT2D eigenvalue weighted by atomic mass is 14.2. The Labute approximate surface area is 116 Å². The van der Waals surface area contributed by atoms with Crippen LogP contribution in [0, 0.1) is 0 Å². The van der Waals surface area contributed by atoms with Crippen LogP contribution >= 0.6 is 0 Å². The lowest BCUT2D eigenvalue weighted by atomic mass is 9.82. The molecule has 0 radical (unpaired) electrons. The van der Waals surface area contributed by atoms with Crippen molar-refractivity contribution < 1.29 is 0 Å². The molecule has 0 saturated carbocycles. The van der Waals surface area contributed by atoms with E-state index in [2.05, 4.69) is 65.8 Å². The van der Waals surface area contributed by atoms with Crippen molar-refractivity contribution in [1.82, 2.24) is 0 Å². The summed E-state index contributed by atoms with van der Waals surface area (Å²) in [5, 5.41) is 0. The van der Waals surface area contributed by atoms with Gasteiger partial charge in [0.25, 0.3) is 0 Å². The minimum Gasteiger partial charge on any atom is -0.0683 e. The average Bonchev–Trinajstić information content (AvgIpc) is 2.32. The summed E-state index contributed by atoms with van der Waals surface area (Å²) in [5.41, 5.74) is 3.34. The second-order valence-corrected chi connectivity index (χ2v) is 6.08. The Kier molecular flexibility index (Phi) is 9.07. The Bertz CT molecular complexity index is 257. The number of hydrogen-bond donors (Lipinski definition) is 0. The fourth-order valence-electron chi connectivity index (χ4n) is 1.47. The molecule has 0 heteroatoms. The minimum atomic E-state index is 0.260. The minimum absolute atomic E-state index is 0.260. The van der Waals surface area contributed by atoms with Crippen molar-refractivity contribution in [3.05, 3.63) is 35.4 Å².